The monoisotopic (exact) mass is 349 g/mol. The van der Waals surface area contributed by atoms with Crippen molar-refractivity contribution in [1.82, 2.24) is 0 Å². The minimum absolute atomic E-state index is 0.640. The SMILES string of the molecule is CSc1ccc(C#Cc2ccc(C#Cc3ccc(C#N)cc3)cc2)cc1. The number of rotatable bonds is 1. The van der Waals surface area contributed by atoms with Crippen LogP contribution in [0.3, 0.4) is 0 Å². The van der Waals surface area contributed by atoms with E-state index in [-0.39, 0.29) is 0 Å². The van der Waals surface area contributed by atoms with E-state index in [9.17, 15) is 0 Å². The maximum Gasteiger partial charge on any atom is 0.0991 e. The summed E-state index contributed by atoms with van der Waals surface area (Å²) in [5.41, 5.74) is 4.43. The first kappa shape index (κ1) is 17.4. The summed E-state index contributed by atoms with van der Waals surface area (Å²) in [6, 6.07) is 25.5. The van der Waals surface area contributed by atoms with Gasteiger partial charge in [-0.15, -0.1) is 11.8 Å². The quantitative estimate of drug-likeness (QED) is 0.452. The van der Waals surface area contributed by atoms with E-state index < -0.39 is 0 Å². The van der Waals surface area contributed by atoms with E-state index >= 15 is 0 Å². The van der Waals surface area contributed by atoms with Gasteiger partial charge in [0.15, 0.2) is 0 Å². The van der Waals surface area contributed by atoms with Gasteiger partial charge in [0.1, 0.15) is 0 Å². The lowest BCUT2D eigenvalue weighted by Crippen LogP contribution is -1.80. The second kappa shape index (κ2) is 8.64. The molecule has 0 fully saturated rings. The highest BCUT2D eigenvalue weighted by atomic mass is 32.2. The van der Waals surface area contributed by atoms with Crippen LogP contribution < -0.4 is 0 Å². The van der Waals surface area contributed by atoms with Crippen molar-refractivity contribution in [1.29, 1.82) is 5.26 Å². The highest BCUT2D eigenvalue weighted by molar-refractivity contribution is 7.98. The number of nitriles is 1. The molecule has 2 heteroatoms. The minimum Gasteiger partial charge on any atom is -0.192 e. The van der Waals surface area contributed by atoms with Crippen LogP contribution in [0.2, 0.25) is 0 Å². The van der Waals surface area contributed by atoms with E-state index in [4.69, 9.17) is 5.26 Å². The van der Waals surface area contributed by atoms with Gasteiger partial charge in [0.2, 0.25) is 0 Å². The predicted molar refractivity (Wildman–Crippen MR) is 108 cm³/mol. The van der Waals surface area contributed by atoms with E-state index in [2.05, 4.69) is 48.1 Å². The Morgan fingerprint density at radius 2 is 0.846 bits per heavy atom. The van der Waals surface area contributed by atoms with Crippen LogP contribution in [-0.2, 0) is 0 Å². The smallest absolute Gasteiger partial charge is 0.0991 e. The van der Waals surface area contributed by atoms with E-state index in [0.717, 1.165) is 22.3 Å². The second-order valence-electron chi connectivity index (χ2n) is 5.50. The van der Waals surface area contributed by atoms with Crippen molar-refractivity contribution in [3.05, 3.63) is 101 Å². The summed E-state index contributed by atoms with van der Waals surface area (Å²) in [5.74, 6) is 12.6. The van der Waals surface area contributed by atoms with E-state index in [1.807, 2.05) is 48.5 Å². The van der Waals surface area contributed by atoms with Crippen LogP contribution >= 0.6 is 11.8 Å². The average Bonchev–Trinajstić information content (AvgIpc) is 2.72. The molecule has 0 aromatic heterocycles. The van der Waals surface area contributed by atoms with Crippen molar-refractivity contribution in [2.45, 2.75) is 4.90 Å². The largest absolute Gasteiger partial charge is 0.192 e. The van der Waals surface area contributed by atoms with Crippen molar-refractivity contribution in [2.24, 2.45) is 0 Å². The second-order valence-corrected chi connectivity index (χ2v) is 6.37. The van der Waals surface area contributed by atoms with Crippen LogP contribution in [0.25, 0.3) is 0 Å². The van der Waals surface area contributed by atoms with Crippen LogP contribution in [0.4, 0.5) is 0 Å². The van der Waals surface area contributed by atoms with Gasteiger partial charge in [-0.3, -0.25) is 0 Å². The molecule has 26 heavy (non-hydrogen) atoms. The van der Waals surface area contributed by atoms with Gasteiger partial charge < -0.3 is 0 Å². The molecule has 0 atom stereocenters. The molecule has 3 aromatic carbocycles. The summed E-state index contributed by atoms with van der Waals surface area (Å²) in [4.78, 5) is 1.24. The van der Waals surface area contributed by atoms with Gasteiger partial charge >= 0.3 is 0 Å². The van der Waals surface area contributed by atoms with E-state index in [1.165, 1.54) is 4.90 Å². The van der Waals surface area contributed by atoms with Crippen molar-refractivity contribution in [3.8, 4) is 29.8 Å². The van der Waals surface area contributed by atoms with Crippen molar-refractivity contribution < 1.29 is 0 Å². The first-order chi connectivity index (χ1) is 12.8. The molecule has 1 nitrogen and oxygen atoms in total. The van der Waals surface area contributed by atoms with Crippen LogP contribution in [0.15, 0.2) is 77.7 Å². The molecule has 3 rings (SSSR count). The fourth-order valence-corrected chi connectivity index (χ4v) is 2.64. The Labute approximate surface area is 158 Å². The van der Waals surface area contributed by atoms with E-state index in [1.54, 1.807) is 23.9 Å². The summed E-state index contributed by atoms with van der Waals surface area (Å²) in [7, 11) is 0. The molecule has 0 aliphatic rings. The van der Waals surface area contributed by atoms with Crippen LogP contribution in [0, 0.1) is 35.0 Å². The molecule has 0 radical (unpaired) electrons. The lowest BCUT2D eigenvalue weighted by atomic mass is 10.1. The Bertz CT molecular complexity index is 1050. The van der Waals surface area contributed by atoms with Crippen LogP contribution in [0.1, 0.15) is 27.8 Å². The average molecular weight is 349 g/mol. The van der Waals surface area contributed by atoms with Crippen molar-refractivity contribution >= 4 is 11.8 Å². The van der Waals surface area contributed by atoms with Crippen molar-refractivity contribution in [2.75, 3.05) is 6.26 Å². The summed E-state index contributed by atoms with van der Waals surface area (Å²) < 4.78 is 0. The molecule has 0 bridgehead atoms. The number of hydrogen-bond acceptors (Lipinski definition) is 2. The summed E-state index contributed by atoms with van der Waals surface area (Å²) in [6.07, 6.45) is 2.06. The first-order valence-corrected chi connectivity index (χ1v) is 9.27. The van der Waals surface area contributed by atoms with Crippen LogP contribution in [-0.4, -0.2) is 6.26 Å². The molecule has 0 saturated carbocycles. The summed E-state index contributed by atoms with van der Waals surface area (Å²) >= 11 is 1.72. The number of thioether (sulfide) groups is 1. The van der Waals surface area contributed by atoms with Gasteiger partial charge in [-0.1, -0.05) is 23.7 Å². The predicted octanol–water partition coefficient (Wildman–Crippen LogP) is 5.08. The standard InChI is InChI=1S/C24H15NS/c1-26-24-16-14-22(15-17-24)9-8-20-4-2-19(3-5-20)6-7-21-10-12-23(18-25)13-11-21/h2-5,10-17H,1H3. The highest BCUT2D eigenvalue weighted by Gasteiger charge is 1.92. The first-order valence-electron chi connectivity index (χ1n) is 8.05. The molecular weight excluding hydrogens is 334 g/mol. The zero-order valence-corrected chi connectivity index (χ0v) is 15.1. The molecule has 0 spiro atoms. The normalized spacial score (nSPS) is 9.23. The van der Waals surface area contributed by atoms with Crippen molar-refractivity contribution in [3.63, 3.8) is 0 Å². The molecule has 0 unspecified atom stereocenters. The third-order valence-electron chi connectivity index (χ3n) is 3.69. The van der Waals surface area contributed by atoms with Gasteiger partial charge in [-0.25, -0.2) is 0 Å². The third kappa shape index (κ3) is 4.81. The van der Waals surface area contributed by atoms with Gasteiger partial charge in [0.25, 0.3) is 0 Å². The molecule has 0 aliphatic heterocycles. The molecule has 0 N–H and O–H groups in total. The minimum atomic E-state index is 0.640. The molecule has 122 valence electrons. The van der Waals surface area contributed by atoms with Gasteiger partial charge in [0, 0.05) is 27.1 Å². The van der Waals surface area contributed by atoms with Gasteiger partial charge in [-0.05, 0) is 79.1 Å². The lowest BCUT2D eigenvalue weighted by Gasteiger charge is -1.95. The summed E-state index contributed by atoms with van der Waals surface area (Å²) in [6.45, 7) is 0. The van der Waals surface area contributed by atoms with Crippen LogP contribution in [0.5, 0.6) is 0 Å². The molecule has 0 amide bonds. The van der Waals surface area contributed by atoms with Gasteiger partial charge in [-0.2, -0.15) is 5.26 Å². The Morgan fingerprint density at radius 3 is 1.15 bits per heavy atom. The Balaban J connectivity index is 1.70. The Kier molecular flexibility index (Phi) is 5.80. The molecule has 0 saturated heterocycles. The van der Waals surface area contributed by atoms with Gasteiger partial charge in [0.05, 0.1) is 11.6 Å². The summed E-state index contributed by atoms with van der Waals surface area (Å²) in [5, 5.41) is 8.80. The number of nitrogens with zero attached hydrogens (tertiary/aromatic N) is 1. The maximum absolute atomic E-state index is 8.80. The molecule has 3 aromatic rings. The lowest BCUT2D eigenvalue weighted by molar-refractivity contribution is 1.45. The zero-order chi connectivity index (χ0) is 18.2. The molecule has 0 aliphatic carbocycles. The Hall–Kier alpha value is -3.38. The zero-order valence-electron chi connectivity index (χ0n) is 14.3. The fourth-order valence-electron chi connectivity index (χ4n) is 2.23. The molecule has 0 heterocycles. The number of benzene rings is 3. The number of hydrogen-bond donors (Lipinski definition) is 0. The van der Waals surface area contributed by atoms with E-state index in [0.29, 0.717) is 5.56 Å². The highest BCUT2D eigenvalue weighted by Crippen LogP contribution is 2.14. The Morgan fingerprint density at radius 1 is 0.538 bits per heavy atom. The molecular formula is C24H15NS. The maximum atomic E-state index is 8.80. The third-order valence-corrected chi connectivity index (χ3v) is 4.43. The topological polar surface area (TPSA) is 23.8 Å². The fraction of sp³-hybridized carbons (Fsp3) is 0.0417.